The predicted octanol–water partition coefficient (Wildman–Crippen LogP) is 0.208. The number of ether oxygens (including phenoxy) is 1. The second kappa shape index (κ2) is 20.1. The van der Waals surface area contributed by atoms with Crippen LogP contribution in [0.15, 0.2) is 68.5 Å². The second-order valence-corrected chi connectivity index (χ2v) is 10.8. The third-order valence-electron chi connectivity index (χ3n) is 6.15. The number of halogens is 2. The highest BCUT2D eigenvalue weighted by Gasteiger charge is 2.46. The van der Waals surface area contributed by atoms with E-state index in [1.54, 1.807) is 48.5 Å². The van der Waals surface area contributed by atoms with Gasteiger partial charge in [0.1, 0.15) is 18.3 Å². The highest BCUT2D eigenvalue weighted by Crippen LogP contribution is 2.19. The Labute approximate surface area is 280 Å². The second-order valence-electron chi connectivity index (χ2n) is 9.91. The number of nitrogens with zero attached hydrogens (tertiary/aromatic N) is 4. The maximum Gasteiger partial charge on any atom is 0.335 e. The van der Waals surface area contributed by atoms with Crippen molar-refractivity contribution >= 4 is 64.4 Å². The largest absolute Gasteiger partial charge is 0.479 e. The minimum absolute atomic E-state index is 0.124. The van der Waals surface area contributed by atoms with Gasteiger partial charge in [-0.1, -0.05) is 36.0 Å². The molecule has 5 atom stereocenters. The third kappa shape index (κ3) is 14.8. The molecule has 0 radical (unpaired) electrons. The van der Waals surface area contributed by atoms with Gasteiger partial charge in [0, 0.05) is 34.5 Å². The van der Waals surface area contributed by atoms with Crippen molar-refractivity contribution in [3.05, 3.63) is 58.6 Å². The molecule has 0 spiro atoms. The molecule has 3 rings (SSSR count). The number of aliphatic imine (C=N–C) groups is 4. The molecule has 17 nitrogen and oxygen atoms in total. The number of unbranched alkanes of at least 4 members (excludes halogenated alkanes) is 3. The molecule has 1 heterocycles. The highest BCUT2D eigenvalue weighted by molar-refractivity contribution is 6.31. The average Bonchev–Trinajstić information content (AvgIpc) is 3.01. The minimum Gasteiger partial charge on any atom is -0.479 e. The molecule has 2 aromatic carbocycles. The Bertz CT molecular complexity index is 1310. The fourth-order valence-corrected chi connectivity index (χ4v) is 4.02. The number of nitrogens with one attached hydrogen (secondary N) is 2. The number of carbonyl (C=O) groups is 1. The lowest BCUT2D eigenvalue weighted by atomic mass is 9.99. The number of aliphatic hydroxyl groups is 4. The number of guanidine groups is 4. The standard InChI is InChI=1S/C22H30Cl2N10.C6H10O7/c23-15-5-9-17(10-6-15)31-21(27)33-19(25)29-13-3-1-2-4-14-30-20(26)34-22(28)32-18-11-7-16(24)8-12-18;7-1-2(8)4(5(10)11)13-6(12)3(1)9/h5-12H,1-4,13-14H2,(H5,25,27,29,31,33)(H5,26,28,30,32,34);1-4,6-9,12H,(H,10,11)/t;1-,2+,3+,4-,6-/m.0/s1. The van der Waals surface area contributed by atoms with Gasteiger partial charge in [-0.15, -0.1) is 0 Å². The van der Waals surface area contributed by atoms with Gasteiger partial charge in [-0.2, -0.15) is 9.98 Å². The lowest BCUT2D eigenvalue weighted by Crippen LogP contribution is -2.59. The maximum absolute atomic E-state index is 10.4. The van der Waals surface area contributed by atoms with Gasteiger partial charge in [0.15, 0.2) is 12.4 Å². The number of hydrogen-bond donors (Lipinski definition) is 11. The summed E-state index contributed by atoms with van der Waals surface area (Å²) in [5.74, 6) is -0.952. The first-order chi connectivity index (χ1) is 22.3. The monoisotopic (exact) mass is 698 g/mol. The molecule has 47 heavy (non-hydrogen) atoms. The zero-order chi connectivity index (χ0) is 34.9. The third-order valence-corrected chi connectivity index (χ3v) is 6.65. The molecule has 258 valence electrons. The molecule has 2 aromatic rings. The van der Waals surface area contributed by atoms with E-state index in [0.717, 1.165) is 37.1 Å². The highest BCUT2D eigenvalue weighted by atomic mass is 35.5. The van der Waals surface area contributed by atoms with Crippen molar-refractivity contribution in [1.82, 2.24) is 0 Å². The first kappa shape index (κ1) is 39.0. The van der Waals surface area contributed by atoms with Crippen molar-refractivity contribution in [2.45, 2.75) is 56.4 Å². The van der Waals surface area contributed by atoms with Crippen LogP contribution in [-0.2, 0) is 9.53 Å². The lowest BCUT2D eigenvalue weighted by Gasteiger charge is -2.36. The summed E-state index contributed by atoms with van der Waals surface area (Å²) in [6.07, 6.45) is -5.04. The number of aliphatic carboxylic acids is 1. The van der Waals surface area contributed by atoms with E-state index in [2.05, 4.69) is 35.3 Å². The van der Waals surface area contributed by atoms with Crippen molar-refractivity contribution in [3.8, 4) is 0 Å². The van der Waals surface area contributed by atoms with Crippen LogP contribution in [0, 0.1) is 0 Å². The first-order valence-corrected chi connectivity index (χ1v) is 15.0. The molecular formula is C28H40Cl2N10O7. The van der Waals surface area contributed by atoms with Gasteiger partial charge in [-0.05, 0) is 61.4 Å². The number of anilines is 2. The van der Waals surface area contributed by atoms with Crippen LogP contribution in [0.2, 0.25) is 10.0 Å². The molecule has 0 amide bonds. The summed E-state index contributed by atoms with van der Waals surface area (Å²) >= 11 is 11.7. The molecule has 15 N–H and O–H groups in total. The number of carboxylic acid groups (broad SMARTS) is 1. The number of nitrogens with two attached hydrogens (primary N) is 4. The van der Waals surface area contributed by atoms with Crippen molar-refractivity contribution in [1.29, 1.82) is 0 Å². The number of aliphatic hydroxyl groups excluding tert-OH is 4. The zero-order valence-corrected chi connectivity index (χ0v) is 26.7. The molecule has 0 saturated carbocycles. The first-order valence-electron chi connectivity index (χ1n) is 14.2. The van der Waals surface area contributed by atoms with Crippen LogP contribution >= 0.6 is 23.2 Å². The maximum atomic E-state index is 10.4. The average molecular weight is 700 g/mol. The molecule has 1 aliphatic rings. The van der Waals surface area contributed by atoms with E-state index in [1.807, 2.05) is 0 Å². The molecule has 1 saturated heterocycles. The fourth-order valence-electron chi connectivity index (χ4n) is 3.77. The SMILES string of the molecule is NC(=NCCCCCCN=C(N)/N=C(\N)Nc1ccc(Cl)cc1)/N=C(\N)Nc1ccc(Cl)cc1.O=C(O)[C@H]1O[C@H](O)[C@H](O)[C@@H](O)[C@H]1O. The van der Waals surface area contributed by atoms with Gasteiger partial charge < -0.3 is 63.8 Å². The fraction of sp³-hybridized carbons (Fsp3) is 0.393. The Hall–Kier alpha value is -4.23. The van der Waals surface area contributed by atoms with E-state index in [9.17, 15) is 4.79 Å². The van der Waals surface area contributed by atoms with Gasteiger partial charge in [0.25, 0.3) is 0 Å². The van der Waals surface area contributed by atoms with Crippen LogP contribution < -0.4 is 33.6 Å². The Morgan fingerprint density at radius 2 is 1.09 bits per heavy atom. The molecule has 1 fully saturated rings. The Kier molecular flexibility index (Phi) is 16.7. The summed E-state index contributed by atoms with van der Waals surface area (Å²) in [5.41, 5.74) is 24.8. The number of benzene rings is 2. The molecule has 19 heteroatoms. The van der Waals surface area contributed by atoms with Gasteiger partial charge in [0.05, 0.1) is 0 Å². The summed E-state index contributed by atoms with van der Waals surface area (Å²) in [7, 11) is 0. The Morgan fingerprint density at radius 3 is 1.47 bits per heavy atom. The molecule has 0 unspecified atom stereocenters. The molecule has 0 aromatic heterocycles. The Morgan fingerprint density at radius 1 is 0.681 bits per heavy atom. The summed E-state index contributed by atoms with van der Waals surface area (Å²) in [6, 6.07) is 14.1. The van der Waals surface area contributed by atoms with Crippen LogP contribution in [0.5, 0.6) is 0 Å². The molecule has 1 aliphatic heterocycles. The summed E-state index contributed by atoms with van der Waals surface area (Å²) in [5, 5.41) is 51.5. The molecule has 0 aliphatic carbocycles. The summed E-state index contributed by atoms with van der Waals surface area (Å²) in [4.78, 5) is 26.8. The lowest BCUT2D eigenvalue weighted by molar-refractivity contribution is -0.279. The van der Waals surface area contributed by atoms with Gasteiger partial charge in [0.2, 0.25) is 23.8 Å². The van der Waals surface area contributed by atoms with E-state index in [1.165, 1.54) is 0 Å². The topological polar surface area (TPSA) is 305 Å². The van der Waals surface area contributed by atoms with Crippen LogP contribution in [0.4, 0.5) is 11.4 Å². The van der Waals surface area contributed by atoms with E-state index in [0.29, 0.717) is 23.1 Å². The summed E-state index contributed by atoms with van der Waals surface area (Å²) in [6.45, 7) is 1.12. The Balaban J connectivity index is 0.000000492. The summed E-state index contributed by atoms with van der Waals surface area (Å²) < 4.78 is 4.34. The molecular weight excluding hydrogens is 659 g/mol. The van der Waals surface area contributed by atoms with E-state index < -0.39 is 36.7 Å². The van der Waals surface area contributed by atoms with Crippen LogP contribution in [0.1, 0.15) is 25.7 Å². The van der Waals surface area contributed by atoms with Crippen LogP contribution in [0.25, 0.3) is 0 Å². The quantitative estimate of drug-likeness (QED) is 0.0899. The van der Waals surface area contributed by atoms with Gasteiger partial charge in [-0.25, -0.2) is 4.79 Å². The normalized spacial score (nSPS) is 22.2. The van der Waals surface area contributed by atoms with Crippen molar-refractivity contribution < 1.29 is 35.1 Å². The van der Waals surface area contributed by atoms with E-state index in [-0.39, 0.29) is 23.8 Å². The van der Waals surface area contributed by atoms with Crippen molar-refractivity contribution in [2.75, 3.05) is 23.7 Å². The van der Waals surface area contributed by atoms with Crippen LogP contribution in [-0.4, -0.2) is 99.1 Å². The van der Waals surface area contributed by atoms with Crippen molar-refractivity contribution in [2.24, 2.45) is 42.9 Å². The number of hydrogen-bond acceptors (Lipinski definition) is 8. The minimum atomic E-state index is -1.81. The van der Waals surface area contributed by atoms with Crippen LogP contribution in [0.3, 0.4) is 0 Å². The molecule has 0 bridgehead atoms. The number of carboxylic acids is 1. The van der Waals surface area contributed by atoms with Crippen molar-refractivity contribution in [3.63, 3.8) is 0 Å². The van der Waals surface area contributed by atoms with E-state index >= 15 is 0 Å². The van der Waals surface area contributed by atoms with Gasteiger partial charge in [-0.3, -0.25) is 9.98 Å². The van der Waals surface area contributed by atoms with E-state index in [4.69, 9.17) is 71.7 Å². The number of rotatable bonds is 10. The van der Waals surface area contributed by atoms with Gasteiger partial charge >= 0.3 is 5.97 Å². The smallest absolute Gasteiger partial charge is 0.335 e. The predicted molar refractivity (Wildman–Crippen MR) is 181 cm³/mol. The zero-order valence-electron chi connectivity index (χ0n) is 25.2.